The zero-order valence-electron chi connectivity index (χ0n) is 40.5. The smallest absolute Gasteiger partial charge is 0.269 e. The Labute approximate surface area is 416 Å². The summed E-state index contributed by atoms with van der Waals surface area (Å²) in [6.07, 6.45) is 11.2. The van der Waals surface area contributed by atoms with Crippen molar-refractivity contribution in [2.45, 2.75) is 70.0 Å². The Morgan fingerprint density at radius 2 is 1.20 bits per heavy atom. The van der Waals surface area contributed by atoms with Crippen molar-refractivity contribution in [2.24, 2.45) is 0 Å². The molecule has 6 heterocycles. The lowest BCUT2D eigenvalue weighted by Crippen LogP contribution is -2.49. The Morgan fingerprint density at radius 1 is 0.549 bits per heavy atom. The molecule has 0 atom stereocenters. The minimum absolute atomic E-state index is 0.0159. The molecule has 3 aromatic heterocycles. The average Bonchev–Trinajstić information content (AvgIpc) is 4.13. The van der Waals surface area contributed by atoms with E-state index in [9.17, 15) is 0 Å². The monoisotopic (exact) mass is 934 g/mol. The number of pyridine rings is 1. The Hall–Kier alpha value is -7.80. The largest absolute Gasteiger partial charge is 0.458 e. The summed E-state index contributed by atoms with van der Waals surface area (Å²) < 4.78 is 13.9. The van der Waals surface area contributed by atoms with Crippen LogP contribution >= 0.6 is 0 Å². The van der Waals surface area contributed by atoms with Gasteiger partial charge in [0.2, 0.25) is 0 Å². The zero-order chi connectivity index (χ0) is 47.4. The second-order valence-electron chi connectivity index (χ2n) is 21.2. The van der Waals surface area contributed by atoms with Gasteiger partial charge in [-0.25, -0.2) is 4.98 Å². The summed E-state index contributed by atoms with van der Waals surface area (Å²) in [7, 11) is -1.52. The first-order valence-corrected chi connectivity index (χ1v) is 28.2. The van der Waals surface area contributed by atoms with Crippen molar-refractivity contribution in [3.05, 3.63) is 206 Å². The molecule has 11 aromatic rings. The van der Waals surface area contributed by atoms with E-state index >= 15 is 0 Å². The van der Waals surface area contributed by atoms with Crippen molar-refractivity contribution in [3.8, 4) is 73.2 Å². The minimum Gasteiger partial charge on any atom is -0.458 e. The maximum atomic E-state index is 6.99. The highest BCUT2D eigenvalue weighted by Crippen LogP contribution is 2.46. The molecular formula is C65H54N4OSi. The summed E-state index contributed by atoms with van der Waals surface area (Å²) in [5, 5.41) is 4.26. The molecule has 5 nitrogen and oxygen atoms in total. The molecule has 8 aromatic carbocycles. The third-order valence-corrected chi connectivity index (χ3v) is 21.6. The molecule has 3 aliphatic heterocycles. The molecule has 1 saturated heterocycles. The fourth-order valence-corrected chi connectivity index (χ4v) is 18.3. The fourth-order valence-electron chi connectivity index (χ4n) is 12.7. The number of nitrogens with zero attached hydrogens (tertiary/aromatic N) is 4. The van der Waals surface area contributed by atoms with E-state index in [1.54, 1.807) is 10.8 Å². The van der Waals surface area contributed by atoms with E-state index in [0.29, 0.717) is 0 Å². The van der Waals surface area contributed by atoms with Gasteiger partial charge >= 0.3 is 0 Å². The Balaban J connectivity index is 0.937. The molecule has 1 fully saturated rings. The van der Waals surface area contributed by atoms with Crippen LogP contribution in [0.2, 0.25) is 18.1 Å². The summed E-state index contributed by atoms with van der Waals surface area (Å²) >= 11 is 0. The van der Waals surface area contributed by atoms with Gasteiger partial charge in [-0.2, -0.15) is 0 Å². The number of imidazole rings is 1. The first-order chi connectivity index (χ1) is 34.8. The van der Waals surface area contributed by atoms with Crippen molar-refractivity contribution in [3.63, 3.8) is 0 Å². The third kappa shape index (κ3) is 6.72. The van der Waals surface area contributed by atoms with Crippen LogP contribution in [0.1, 0.15) is 51.2 Å². The van der Waals surface area contributed by atoms with Crippen molar-refractivity contribution in [2.75, 3.05) is 0 Å². The van der Waals surface area contributed by atoms with Crippen molar-refractivity contribution < 1.29 is 9.30 Å². The molecule has 0 aliphatic carbocycles. The molecule has 0 bridgehead atoms. The first-order valence-electron chi connectivity index (χ1n) is 25.5. The van der Waals surface area contributed by atoms with Crippen molar-refractivity contribution >= 4 is 46.1 Å². The zero-order valence-corrected chi connectivity index (χ0v) is 41.5. The molecule has 0 saturated carbocycles. The van der Waals surface area contributed by atoms with Crippen LogP contribution in [0.25, 0.3) is 94.5 Å². The van der Waals surface area contributed by atoms with Crippen LogP contribution in [0.5, 0.6) is 11.5 Å². The fraction of sp³-hybridized carbons (Fsp3) is 0.169. The van der Waals surface area contributed by atoms with E-state index in [1.807, 2.05) is 6.20 Å². The second-order valence-corrected chi connectivity index (χ2v) is 25.8. The highest BCUT2D eigenvalue weighted by Gasteiger charge is 2.41. The highest BCUT2D eigenvalue weighted by atomic mass is 28.3. The van der Waals surface area contributed by atoms with Gasteiger partial charge in [0, 0.05) is 23.0 Å². The average molecular weight is 935 g/mol. The van der Waals surface area contributed by atoms with E-state index in [-0.39, 0.29) is 5.41 Å². The molecule has 0 amide bonds. The predicted molar refractivity (Wildman–Crippen MR) is 294 cm³/mol. The lowest BCUT2D eigenvalue weighted by atomic mass is 9.88. The van der Waals surface area contributed by atoms with Crippen LogP contribution in [0.3, 0.4) is 0 Å². The lowest BCUT2D eigenvalue weighted by Gasteiger charge is -2.34. The molecule has 0 N–H and O–H groups in total. The summed E-state index contributed by atoms with van der Waals surface area (Å²) in [5.74, 6) is 2.50. The van der Waals surface area contributed by atoms with Crippen LogP contribution in [-0.2, 0) is 11.8 Å². The molecule has 344 valence electrons. The molecule has 6 heteroatoms. The Morgan fingerprint density at radius 3 is 1.99 bits per heavy atom. The van der Waals surface area contributed by atoms with Gasteiger partial charge < -0.3 is 4.74 Å². The quantitative estimate of drug-likeness (QED) is 0.0979. The number of hydrogen-bond acceptors (Lipinski definition) is 2. The van der Waals surface area contributed by atoms with E-state index < -0.39 is 8.07 Å². The number of hydrogen-bond donors (Lipinski definition) is 0. The van der Waals surface area contributed by atoms with E-state index in [2.05, 4.69) is 223 Å². The lowest BCUT2D eigenvalue weighted by molar-refractivity contribution is -0.570. The molecular weight excluding hydrogens is 881 g/mol. The van der Waals surface area contributed by atoms with Gasteiger partial charge in [0.25, 0.3) is 6.33 Å². The summed E-state index contributed by atoms with van der Waals surface area (Å²) in [6, 6.07) is 70.9. The van der Waals surface area contributed by atoms with Gasteiger partial charge in [-0.15, -0.1) is 0 Å². The number of fused-ring (bicyclic) bond motifs is 12. The van der Waals surface area contributed by atoms with Gasteiger partial charge in [0.05, 0.1) is 41.5 Å². The first kappa shape index (κ1) is 42.1. The highest BCUT2D eigenvalue weighted by molar-refractivity contribution is 6.93. The normalized spacial score (nSPS) is 14.7. The standard InChI is InChI=1S/C65H54N4OSi/c1-65(2,3)45-32-33-66-62(38-45)69-59-40-48(30-31-54(59)57-37-44-19-16-36-71(34-11-12-35-71)61(44)41-60(57)69)70-47-21-13-20-46(39-47)67-42-68-63-49(43-17-5-4-6-18-43)26-14-27-55(63)52-24-9-7-22-50(52)51-23-8-10-25-53(51)56-28-15-29-58(67)64(56)68/h4-10,13-15,17-18,20-33,37-41H,11-12,16,19,34-36H2,1-3H3. The molecule has 0 unspecified atom stereocenters. The number of aryl methyl sites for hydroxylation is 1. The molecule has 3 aliphatic rings. The molecule has 0 radical (unpaired) electrons. The van der Waals surface area contributed by atoms with Gasteiger partial charge in [-0.05, 0) is 122 Å². The van der Waals surface area contributed by atoms with Gasteiger partial charge in [-0.1, -0.05) is 185 Å². The molecule has 1 spiro atoms. The molecule has 71 heavy (non-hydrogen) atoms. The maximum Gasteiger partial charge on any atom is 0.269 e. The van der Waals surface area contributed by atoms with Crippen LogP contribution in [0, 0.1) is 6.33 Å². The van der Waals surface area contributed by atoms with E-state index in [0.717, 1.165) is 67.5 Å². The van der Waals surface area contributed by atoms with Crippen molar-refractivity contribution in [1.29, 1.82) is 0 Å². The number of para-hydroxylation sites is 2. The van der Waals surface area contributed by atoms with E-state index in [4.69, 9.17) is 9.72 Å². The summed E-state index contributed by atoms with van der Waals surface area (Å²) in [6.45, 7) is 6.85. The number of ether oxygens (including phenoxy) is 1. The molecule has 14 rings (SSSR count). The van der Waals surface area contributed by atoms with Gasteiger partial charge in [0.15, 0.2) is 0 Å². The topological polar surface area (TPSA) is 35.9 Å². The van der Waals surface area contributed by atoms with Gasteiger partial charge in [-0.3, -0.25) is 13.7 Å². The SMILES string of the molecule is CC(C)(C)c1ccnc(-n2c3cc(Oc4cccc(-n5[c-][n+]6c7c(cccc75)-c5ccccc5-c5ccccc5-c5cccc(-c7ccccc7)c5-6)c4)ccc3c3cc4c(cc32)[Si]2(CCCC2)CCC4)c1. The van der Waals surface area contributed by atoms with Crippen LogP contribution < -0.4 is 14.5 Å². The van der Waals surface area contributed by atoms with Gasteiger partial charge in [0.1, 0.15) is 17.3 Å². The van der Waals surface area contributed by atoms with E-state index in [1.165, 1.54) is 87.9 Å². The second kappa shape index (κ2) is 16.1. The van der Waals surface area contributed by atoms with Crippen LogP contribution in [-0.4, -0.2) is 22.2 Å². The Bertz CT molecular complexity index is 3940. The van der Waals surface area contributed by atoms with Crippen molar-refractivity contribution in [1.82, 2.24) is 14.1 Å². The summed E-state index contributed by atoms with van der Waals surface area (Å²) in [4.78, 5) is 5.10. The minimum atomic E-state index is -1.52. The Kier molecular flexibility index (Phi) is 9.56. The van der Waals surface area contributed by atoms with Crippen LogP contribution in [0.15, 0.2) is 188 Å². The number of aromatic nitrogens is 4. The third-order valence-electron chi connectivity index (χ3n) is 16.1. The van der Waals surface area contributed by atoms with Crippen LogP contribution in [0.4, 0.5) is 0 Å². The predicted octanol–water partition coefficient (Wildman–Crippen LogP) is 15.7. The summed E-state index contributed by atoms with van der Waals surface area (Å²) in [5.41, 5.74) is 18.8. The number of rotatable bonds is 5. The maximum absolute atomic E-state index is 6.99. The number of benzene rings is 8.